The van der Waals surface area contributed by atoms with Gasteiger partial charge in [0, 0.05) is 17.4 Å². The fraction of sp³-hybridized carbons (Fsp3) is 0.200. The molecule has 4 nitrogen and oxygen atoms in total. The predicted molar refractivity (Wildman–Crippen MR) is 100 cm³/mol. The molecule has 0 saturated heterocycles. The maximum absolute atomic E-state index is 13.8. The summed E-state index contributed by atoms with van der Waals surface area (Å²) in [4.78, 5) is 8.74. The number of benzene rings is 2. The summed E-state index contributed by atoms with van der Waals surface area (Å²) < 4.78 is 13.8. The summed E-state index contributed by atoms with van der Waals surface area (Å²) in [5.41, 5.74) is 3.36. The number of halogens is 1. The van der Waals surface area contributed by atoms with Crippen molar-refractivity contribution in [1.29, 1.82) is 0 Å². The van der Waals surface area contributed by atoms with E-state index in [1.165, 1.54) is 11.6 Å². The topological polar surface area (TPSA) is 49.8 Å². The third-order valence-electron chi connectivity index (χ3n) is 3.82. The van der Waals surface area contributed by atoms with Crippen LogP contribution >= 0.6 is 0 Å². The van der Waals surface area contributed by atoms with Crippen molar-refractivity contribution in [3.8, 4) is 0 Å². The quantitative estimate of drug-likeness (QED) is 0.643. The van der Waals surface area contributed by atoms with Crippen LogP contribution in [0.2, 0.25) is 0 Å². The Kier molecular flexibility index (Phi) is 4.93. The van der Waals surface area contributed by atoms with Crippen molar-refractivity contribution in [2.75, 3.05) is 10.6 Å². The Hall–Kier alpha value is -2.95. The molecule has 0 spiro atoms. The highest BCUT2D eigenvalue weighted by Gasteiger charge is 2.07. The number of anilines is 4. The molecule has 1 aromatic heterocycles. The average Bonchev–Trinajstić information content (AvgIpc) is 2.57. The molecule has 0 amide bonds. The highest BCUT2D eigenvalue weighted by atomic mass is 19.1. The molecule has 0 aliphatic heterocycles. The van der Waals surface area contributed by atoms with Gasteiger partial charge in [0.2, 0.25) is 5.95 Å². The molecular weight excluding hydrogens is 315 g/mol. The van der Waals surface area contributed by atoms with Crippen molar-refractivity contribution in [2.24, 2.45) is 0 Å². The highest BCUT2D eigenvalue weighted by molar-refractivity contribution is 5.60. The minimum absolute atomic E-state index is 0.341. The number of aromatic nitrogens is 2. The van der Waals surface area contributed by atoms with Gasteiger partial charge in [-0.05, 0) is 42.7 Å². The summed E-state index contributed by atoms with van der Waals surface area (Å²) in [6.45, 7) is 6.20. The van der Waals surface area contributed by atoms with Gasteiger partial charge in [0.1, 0.15) is 11.6 Å². The van der Waals surface area contributed by atoms with Crippen LogP contribution in [0, 0.1) is 12.7 Å². The van der Waals surface area contributed by atoms with Crippen LogP contribution < -0.4 is 10.6 Å². The second-order valence-electron chi connectivity index (χ2n) is 6.22. The lowest BCUT2D eigenvalue weighted by Gasteiger charge is -2.11. The largest absolute Gasteiger partial charge is 0.340 e. The number of hydrogen-bond acceptors (Lipinski definition) is 4. The van der Waals surface area contributed by atoms with Crippen molar-refractivity contribution in [1.82, 2.24) is 9.97 Å². The first-order valence-corrected chi connectivity index (χ1v) is 8.25. The third kappa shape index (κ3) is 4.32. The zero-order chi connectivity index (χ0) is 17.8. The molecule has 1 heterocycles. The van der Waals surface area contributed by atoms with Crippen molar-refractivity contribution in [3.63, 3.8) is 0 Å². The predicted octanol–water partition coefficient (Wildman–Crippen LogP) is 5.53. The molecule has 0 aliphatic carbocycles. The first-order valence-electron chi connectivity index (χ1n) is 8.25. The van der Waals surface area contributed by atoms with Crippen molar-refractivity contribution >= 4 is 23.1 Å². The van der Waals surface area contributed by atoms with Gasteiger partial charge in [0.05, 0.1) is 5.69 Å². The summed E-state index contributed by atoms with van der Waals surface area (Å²) >= 11 is 0. The van der Waals surface area contributed by atoms with Crippen LogP contribution in [-0.4, -0.2) is 9.97 Å². The van der Waals surface area contributed by atoms with E-state index in [4.69, 9.17) is 0 Å². The van der Waals surface area contributed by atoms with Gasteiger partial charge in [-0.2, -0.15) is 4.98 Å². The van der Waals surface area contributed by atoms with Crippen LogP contribution in [0.25, 0.3) is 0 Å². The molecule has 5 heteroatoms. The molecule has 25 heavy (non-hydrogen) atoms. The van der Waals surface area contributed by atoms with Crippen LogP contribution in [0.1, 0.15) is 31.0 Å². The fourth-order valence-corrected chi connectivity index (χ4v) is 2.47. The molecule has 0 aliphatic rings. The lowest BCUT2D eigenvalue weighted by atomic mass is 10.0. The van der Waals surface area contributed by atoms with Crippen LogP contribution in [0.3, 0.4) is 0 Å². The molecule has 0 unspecified atom stereocenters. The number of para-hydroxylation sites is 1. The number of hydrogen-bond donors (Lipinski definition) is 2. The van der Waals surface area contributed by atoms with Gasteiger partial charge in [-0.25, -0.2) is 9.37 Å². The van der Waals surface area contributed by atoms with Gasteiger partial charge in [-0.3, -0.25) is 0 Å². The van der Waals surface area contributed by atoms with E-state index >= 15 is 0 Å². The van der Waals surface area contributed by atoms with E-state index in [2.05, 4.69) is 46.6 Å². The minimum Gasteiger partial charge on any atom is -0.340 e. The van der Waals surface area contributed by atoms with E-state index in [1.807, 2.05) is 25.1 Å². The lowest BCUT2D eigenvalue weighted by molar-refractivity contribution is 0.631. The molecule has 2 N–H and O–H groups in total. The van der Waals surface area contributed by atoms with E-state index in [0.717, 1.165) is 11.4 Å². The van der Waals surface area contributed by atoms with E-state index in [-0.39, 0.29) is 5.82 Å². The number of nitrogens with zero attached hydrogens (tertiary/aromatic N) is 2. The van der Waals surface area contributed by atoms with Gasteiger partial charge >= 0.3 is 0 Å². The first kappa shape index (κ1) is 16.9. The number of aryl methyl sites for hydroxylation is 1. The van der Waals surface area contributed by atoms with E-state index in [9.17, 15) is 4.39 Å². The van der Waals surface area contributed by atoms with E-state index < -0.39 is 0 Å². The van der Waals surface area contributed by atoms with Crippen LogP contribution in [0.4, 0.5) is 27.5 Å². The average molecular weight is 336 g/mol. The maximum Gasteiger partial charge on any atom is 0.229 e. The van der Waals surface area contributed by atoms with Crippen LogP contribution in [0.15, 0.2) is 54.6 Å². The Balaban J connectivity index is 1.80. The number of rotatable bonds is 5. The SMILES string of the molecule is Cc1cc(Nc2ccc(C(C)C)cc2)nc(Nc2ccccc2F)n1. The monoisotopic (exact) mass is 336 g/mol. The highest BCUT2D eigenvalue weighted by Crippen LogP contribution is 2.22. The normalized spacial score (nSPS) is 10.8. The number of nitrogens with one attached hydrogen (secondary N) is 2. The lowest BCUT2D eigenvalue weighted by Crippen LogP contribution is -2.03. The molecule has 3 rings (SSSR count). The Morgan fingerprint density at radius 3 is 2.32 bits per heavy atom. The standard InChI is InChI=1S/C20H21FN4/c1-13(2)15-8-10-16(11-9-15)23-19-12-14(3)22-20(25-19)24-18-7-5-4-6-17(18)21/h4-13H,1-3H3,(H2,22,23,24,25). The molecule has 0 saturated carbocycles. The summed E-state index contributed by atoms with van der Waals surface area (Å²) in [6, 6.07) is 16.5. The smallest absolute Gasteiger partial charge is 0.229 e. The second kappa shape index (κ2) is 7.30. The van der Waals surface area contributed by atoms with E-state index in [0.29, 0.717) is 23.4 Å². The zero-order valence-corrected chi connectivity index (χ0v) is 14.5. The van der Waals surface area contributed by atoms with Crippen molar-refractivity contribution < 1.29 is 4.39 Å². The van der Waals surface area contributed by atoms with Crippen LogP contribution in [0.5, 0.6) is 0 Å². The van der Waals surface area contributed by atoms with Crippen molar-refractivity contribution in [2.45, 2.75) is 26.7 Å². The summed E-state index contributed by atoms with van der Waals surface area (Å²) in [5.74, 6) is 1.16. The van der Waals surface area contributed by atoms with Crippen LogP contribution in [-0.2, 0) is 0 Å². The summed E-state index contributed by atoms with van der Waals surface area (Å²) in [6.07, 6.45) is 0. The van der Waals surface area contributed by atoms with Crippen molar-refractivity contribution in [3.05, 3.63) is 71.7 Å². The molecule has 128 valence electrons. The van der Waals surface area contributed by atoms with Gasteiger partial charge < -0.3 is 10.6 Å². The molecule has 0 bridgehead atoms. The van der Waals surface area contributed by atoms with Gasteiger partial charge in [-0.1, -0.05) is 38.1 Å². The Morgan fingerprint density at radius 2 is 1.64 bits per heavy atom. The fourth-order valence-electron chi connectivity index (χ4n) is 2.47. The first-order chi connectivity index (χ1) is 12.0. The summed E-state index contributed by atoms with van der Waals surface area (Å²) in [5, 5.41) is 6.19. The third-order valence-corrected chi connectivity index (χ3v) is 3.82. The van der Waals surface area contributed by atoms with E-state index in [1.54, 1.807) is 18.2 Å². The zero-order valence-electron chi connectivity index (χ0n) is 14.5. The van der Waals surface area contributed by atoms with Gasteiger partial charge in [-0.15, -0.1) is 0 Å². The molecule has 0 atom stereocenters. The Morgan fingerprint density at radius 1 is 0.920 bits per heavy atom. The minimum atomic E-state index is -0.341. The molecule has 0 radical (unpaired) electrons. The van der Waals surface area contributed by atoms with Gasteiger partial charge in [0.25, 0.3) is 0 Å². The molecular formula is C20H21FN4. The molecule has 0 fully saturated rings. The second-order valence-corrected chi connectivity index (χ2v) is 6.22. The Bertz CT molecular complexity index is 860. The molecule has 3 aromatic rings. The Labute approximate surface area is 147 Å². The summed E-state index contributed by atoms with van der Waals surface area (Å²) in [7, 11) is 0. The molecule has 2 aromatic carbocycles. The van der Waals surface area contributed by atoms with Gasteiger partial charge in [0.15, 0.2) is 0 Å². The maximum atomic E-state index is 13.8.